The van der Waals surface area contributed by atoms with Crippen LogP contribution in [-0.4, -0.2) is 11.2 Å². The molecule has 2 atom stereocenters. The van der Waals surface area contributed by atoms with Crippen LogP contribution in [0.2, 0.25) is 4.34 Å². The van der Waals surface area contributed by atoms with E-state index in [9.17, 15) is 5.11 Å². The Morgan fingerprint density at radius 3 is 2.73 bits per heavy atom. The van der Waals surface area contributed by atoms with Crippen molar-refractivity contribution in [3.63, 3.8) is 0 Å². The summed E-state index contributed by atoms with van der Waals surface area (Å²) >= 11 is 7.46. The molecule has 0 radical (unpaired) electrons. The Labute approximate surface area is 74.6 Å². The largest absolute Gasteiger partial charge is 0.392 e. The number of halogens is 1. The lowest BCUT2D eigenvalue weighted by Crippen LogP contribution is -2.28. The molecule has 2 unspecified atom stereocenters. The van der Waals surface area contributed by atoms with Crippen molar-refractivity contribution in [2.45, 2.75) is 24.9 Å². The first-order chi connectivity index (χ1) is 5.29. The van der Waals surface area contributed by atoms with Crippen molar-refractivity contribution < 1.29 is 5.11 Å². The van der Waals surface area contributed by atoms with Gasteiger partial charge in [-0.25, -0.2) is 0 Å². The van der Waals surface area contributed by atoms with E-state index in [1.165, 1.54) is 11.3 Å². The van der Waals surface area contributed by atoms with Crippen LogP contribution in [0.5, 0.6) is 0 Å². The predicted octanol–water partition coefficient (Wildman–Crippen LogP) is 2.64. The zero-order valence-electron chi connectivity index (χ0n) is 5.96. The van der Waals surface area contributed by atoms with Gasteiger partial charge < -0.3 is 5.11 Å². The summed E-state index contributed by atoms with van der Waals surface area (Å²) in [5, 5.41) is 11.3. The fourth-order valence-corrected chi connectivity index (χ4v) is 2.46. The van der Waals surface area contributed by atoms with E-state index < -0.39 is 0 Å². The van der Waals surface area contributed by atoms with Gasteiger partial charge in [0.25, 0.3) is 0 Å². The van der Waals surface area contributed by atoms with Gasteiger partial charge in [-0.3, -0.25) is 0 Å². The minimum atomic E-state index is -0.151. The average molecular weight is 189 g/mol. The van der Waals surface area contributed by atoms with Gasteiger partial charge in [-0.15, -0.1) is 11.3 Å². The van der Waals surface area contributed by atoms with Gasteiger partial charge in [0.05, 0.1) is 10.4 Å². The summed E-state index contributed by atoms with van der Waals surface area (Å²) in [4.78, 5) is 0. The van der Waals surface area contributed by atoms with Gasteiger partial charge in [0, 0.05) is 5.92 Å². The molecule has 0 saturated heterocycles. The second-order valence-electron chi connectivity index (χ2n) is 2.90. The topological polar surface area (TPSA) is 20.2 Å². The Balaban J connectivity index is 2.22. The molecule has 1 heterocycles. The molecule has 1 nitrogen and oxygen atoms in total. The fraction of sp³-hybridized carbons (Fsp3) is 0.500. The van der Waals surface area contributed by atoms with Crippen molar-refractivity contribution in [2.75, 3.05) is 0 Å². The van der Waals surface area contributed by atoms with Crippen LogP contribution in [0.4, 0.5) is 0 Å². The van der Waals surface area contributed by atoms with Crippen molar-refractivity contribution in [3.05, 3.63) is 21.3 Å². The van der Waals surface area contributed by atoms with Crippen molar-refractivity contribution in [3.8, 4) is 0 Å². The van der Waals surface area contributed by atoms with Crippen LogP contribution in [0, 0.1) is 0 Å². The van der Waals surface area contributed by atoms with Crippen molar-refractivity contribution in [1.29, 1.82) is 0 Å². The molecule has 1 aliphatic carbocycles. The van der Waals surface area contributed by atoms with Gasteiger partial charge in [0.2, 0.25) is 0 Å². The summed E-state index contributed by atoms with van der Waals surface area (Å²) < 4.78 is 0.841. The second kappa shape index (κ2) is 2.77. The van der Waals surface area contributed by atoms with Crippen LogP contribution in [0.3, 0.4) is 0 Å². The first kappa shape index (κ1) is 7.59. The van der Waals surface area contributed by atoms with Crippen molar-refractivity contribution >= 4 is 22.9 Å². The zero-order chi connectivity index (χ0) is 7.84. The van der Waals surface area contributed by atoms with E-state index in [4.69, 9.17) is 11.6 Å². The quantitative estimate of drug-likeness (QED) is 0.719. The molecule has 0 amide bonds. The first-order valence-electron chi connectivity index (χ1n) is 3.70. The van der Waals surface area contributed by atoms with Crippen molar-refractivity contribution in [1.82, 2.24) is 0 Å². The molecule has 1 aliphatic rings. The van der Waals surface area contributed by atoms with Crippen LogP contribution in [0.15, 0.2) is 11.4 Å². The average Bonchev–Trinajstić information content (AvgIpc) is 2.34. The van der Waals surface area contributed by atoms with Crippen LogP contribution < -0.4 is 0 Å². The molecule has 1 saturated carbocycles. The first-order valence-corrected chi connectivity index (χ1v) is 4.96. The fourth-order valence-electron chi connectivity index (χ4n) is 1.42. The summed E-state index contributed by atoms with van der Waals surface area (Å²) in [6.45, 7) is 0. The zero-order valence-corrected chi connectivity index (χ0v) is 7.53. The predicted molar refractivity (Wildman–Crippen MR) is 47.3 cm³/mol. The molecule has 1 aromatic heterocycles. The summed E-state index contributed by atoms with van der Waals surface area (Å²) in [6.07, 6.45) is 1.86. The van der Waals surface area contributed by atoms with Gasteiger partial charge in [-0.05, 0) is 29.9 Å². The van der Waals surface area contributed by atoms with Gasteiger partial charge in [-0.2, -0.15) is 0 Å². The Morgan fingerprint density at radius 2 is 2.36 bits per heavy atom. The lowest BCUT2D eigenvalue weighted by Gasteiger charge is -2.32. The molecular weight excluding hydrogens is 180 g/mol. The van der Waals surface area contributed by atoms with E-state index in [0.29, 0.717) is 5.92 Å². The monoisotopic (exact) mass is 188 g/mol. The van der Waals surface area contributed by atoms with Crippen LogP contribution >= 0.6 is 22.9 Å². The number of rotatable bonds is 1. The van der Waals surface area contributed by atoms with E-state index in [2.05, 4.69) is 0 Å². The van der Waals surface area contributed by atoms with Crippen molar-refractivity contribution in [2.24, 2.45) is 0 Å². The number of hydrogen-bond acceptors (Lipinski definition) is 2. The molecule has 0 aliphatic heterocycles. The highest BCUT2D eigenvalue weighted by molar-refractivity contribution is 7.14. The Bertz CT molecular complexity index is 258. The molecular formula is C8H9ClOS. The second-order valence-corrected chi connectivity index (χ2v) is 4.42. The maximum absolute atomic E-state index is 9.35. The Hall–Kier alpha value is -0.0500. The number of aliphatic hydroxyl groups is 1. The third kappa shape index (κ3) is 1.19. The normalized spacial score (nSPS) is 30.0. The van der Waals surface area contributed by atoms with Gasteiger partial charge in [0.1, 0.15) is 0 Å². The van der Waals surface area contributed by atoms with E-state index in [-0.39, 0.29) is 6.10 Å². The molecule has 1 N–H and O–H groups in total. The number of thiophene rings is 1. The highest BCUT2D eigenvalue weighted by Gasteiger charge is 2.31. The standard InChI is InChI=1S/C8H9ClOS/c9-8-6(3-4-11-8)5-1-2-7(5)10/h3-5,7,10H,1-2H2. The Kier molecular flexibility index (Phi) is 1.91. The molecule has 1 fully saturated rings. The molecule has 1 aromatic rings. The van der Waals surface area contributed by atoms with Gasteiger partial charge in [0.15, 0.2) is 0 Å². The Morgan fingerprint density at radius 1 is 1.55 bits per heavy atom. The van der Waals surface area contributed by atoms with E-state index in [1.54, 1.807) is 0 Å². The highest BCUT2D eigenvalue weighted by atomic mass is 35.5. The maximum Gasteiger partial charge on any atom is 0.0964 e. The van der Waals surface area contributed by atoms with Crippen LogP contribution in [0.25, 0.3) is 0 Å². The molecule has 60 valence electrons. The minimum absolute atomic E-state index is 0.151. The molecule has 0 bridgehead atoms. The third-order valence-corrected chi connectivity index (χ3v) is 3.48. The molecule has 11 heavy (non-hydrogen) atoms. The number of aliphatic hydroxyl groups excluding tert-OH is 1. The van der Waals surface area contributed by atoms with E-state index in [1.807, 2.05) is 11.4 Å². The molecule has 2 rings (SSSR count). The molecule has 0 spiro atoms. The lowest BCUT2D eigenvalue weighted by molar-refractivity contribution is 0.0663. The summed E-state index contributed by atoms with van der Waals surface area (Å²) in [7, 11) is 0. The van der Waals surface area contributed by atoms with E-state index in [0.717, 1.165) is 22.7 Å². The maximum atomic E-state index is 9.35. The summed E-state index contributed by atoms with van der Waals surface area (Å²) in [5.41, 5.74) is 1.13. The molecule has 0 aromatic carbocycles. The highest BCUT2D eigenvalue weighted by Crippen LogP contribution is 2.41. The minimum Gasteiger partial charge on any atom is -0.392 e. The lowest BCUT2D eigenvalue weighted by atomic mass is 9.78. The smallest absolute Gasteiger partial charge is 0.0964 e. The third-order valence-electron chi connectivity index (χ3n) is 2.28. The van der Waals surface area contributed by atoms with Crippen LogP contribution in [-0.2, 0) is 0 Å². The van der Waals surface area contributed by atoms with Gasteiger partial charge in [-0.1, -0.05) is 11.6 Å². The van der Waals surface area contributed by atoms with Crippen LogP contribution in [0.1, 0.15) is 24.3 Å². The van der Waals surface area contributed by atoms with E-state index >= 15 is 0 Å². The SMILES string of the molecule is OC1CCC1c1ccsc1Cl. The summed E-state index contributed by atoms with van der Waals surface area (Å²) in [5.74, 6) is 0.314. The summed E-state index contributed by atoms with van der Waals surface area (Å²) in [6, 6.07) is 2.01. The molecule has 3 heteroatoms. The van der Waals surface area contributed by atoms with Gasteiger partial charge >= 0.3 is 0 Å². The number of hydrogen-bond donors (Lipinski definition) is 1.